The third-order valence-corrected chi connectivity index (χ3v) is 3.97. The van der Waals surface area contributed by atoms with Gasteiger partial charge in [-0.1, -0.05) is 45.8 Å². The van der Waals surface area contributed by atoms with E-state index in [4.69, 9.17) is 12.2 Å². The van der Waals surface area contributed by atoms with Crippen molar-refractivity contribution in [1.82, 2.24) is 5.32 Å². The second-order valence-electron chi connectivity index (χ2n) is 5.09. The lowest BCUT2D eigenvalue weighted by Gasteiger charge is -2.11. The van der Waals surface area contributed by atoms with Crippen LogP contribution in [0.15, 0.2) is 46.9 Å². The van der Waals surface area contributed by atoms with Gasteiger partial charge in [-0.3, -0.25) is 0 Å². The lowest BCUT2D eigenvalue weighted by molar-refractivity contribution is 0.631. The van der Waals surface area contributed by atoms with Crippen LogP contribution in [0.5, 0.6) is 0 Å². The number of halogens is 2. The van der Waals surface area contributed by atoms with Crippen molar-refractivity contribution < 1.29 is 4.39 Å². The summed E-state index contributed by atoms with van der Waals surface area (Å²) >= 11 is 8.40. The second-order valence-corrected chi connectivity index (χ2v) is 6.42. The Bertz CT molecular complexity index is 644. The van der Waals surface area contributed by atoms with E-state index >= 15 is 0 Å². The van der Waals surface area contributed by atoms with Gasteiger partial charge in [0.15, 0.2) is 5.11 Å². The summed E-state index contributed by atoms with van der Waals surface area (Å²) in [5.74, 6) is -0.335. The van der Waals surface area contributed by atoms with Gasteiger partial charge in [0, 0.05) is 11.0 Å². The van der Waals surface area contributed by atoms with Crippen molar-refractivity contribution >= 4 is 38.9 Å². The molecule has 5 heteroatoms. The zero-order chi connectivity index (χ0) is 15.9. The van der Waals surface area contributed by atoms with Gasteiger partial charge in [-0.05, 0) is 55.7 Å². The van der Waals surface area contributed by atoms with Crippen molar-refractivity contribution in [2.75, 3.05) is 11.9 Å². The summed E-state index contributed by atoms with van der Waals surface area (Å²) in [6.07, 6.45) is 1.95. The Morgan fingerprint density at radius 2 is 1.91 bits per heavy atom. The van der Waals surface area contributed by atoms with E-state index in [1.807, 2.05) is 0 Å². The first kappa shape index (κ1) is 16.9. The molecule has 0 spiro atoms. The van der Waals surface area contributed by atoms with Crippen LogP contribution < -0.4 is 10.6 Å². The van der Waals surface area contributed by atoms with Crippen LogP contribution in [0.4, 0.5) is 10.1 Å². The summed E-state index contributed by atoms with van der Waals surface area (Å²) in [5.41, 5.74) is 2.95. The summed E-state index contributed by atoms with van der Waals surface area (Å²) < 4.78 is 14.4. The summed E-state index contributed by atoms with van der Waals surface area (Å²) in [4.78, 5) is 0. The topological polar surface area (TPSA) is 24.1 Å². The molecule has 0 saturated heterocycles. The smallest absolute Gasteiger partial charge is 0.170 e. The van der Waals surface area contributed by atoms with Crippen molar-refractivity contribution in [3.05, 3.63) is 63.9 Å². The molecule has 0 radical (unpaired) electrons. The van der Waals surface area contributed by atoms with Crippen LogP contribution in [0.1, 0.15) is 17.5 Å². The zero-order valence-electron chi connectivity index (χ0n) is 12.3. The Hall–Kier alpha value is -1.46. The highest BCUT2D eigenvalue weighted by Gasteiger charge is 2.04. The Balaban J connectivity index is 1.72. The second kappa shape index (κ2) is 8.25. The zero-order valence-corrected chi connectivity index (χ0v) is 14.7. The molecule has 2 aromatic rings. The third kappa shape index (κ3) is 5.39. The first-order valence-electron chi connectivity index (χ1n) is 7.10. The van der Waals surface area contributed by atoms with Gasteiger partial charge in [0.05, 0.1) is 5.69 Å². The minimum atomic E-state index is -0.335. The lowest BCUT2D eigenvalue weighted by Crippen LogP contribution is -2.29. The Labute approximate surface area is 144 Å². The molecule has 0 aliphatic carbocycles. The molecule has 0 amide bonds. The van der Waals surface area contributed by atoms with E-state index < -0.39 is 0 Å². The Morgan fingerprint density at radius 1 is 1.18 bits per heavy atom. The molecule has 22 heavy (non-hydrogen) atoms. The largest absolute Gasteiger partial charge is 0.362 e. The lowest BCUT2D eigenvalue weighted by atomic mass is 10.1. The van der Waals surface area contributed by atoms with Crippen molar-refractivity contribution in [2.45, 2.75) is 19.8 Å². The summed E-state index contributed by atoms with van der Waals surface area (Å²) in [5, 5.41) is 6.40. The molecule has 0 atom stereocenters. The molecule has 2 N–H and O–H groups in total. The van der Waals surface area contributed by atoms with Crippen molar-refractivity contribution in [3.63, 3.8) is 0 Å². The van der Waals surface area contributed by atoms with Crippen LogP contribution in [0.25, 0.3) is 0 Å². The van der Waals surface area contributed by atoms with Crippen LogP contribution in [-0.2, 0) is 6.42 Å². The molecule has 0 unspecified atom stereocenters. The van der Waals surface area contributed by atoms with Crippen LogP contribution in [-0.4, -0.2) is 11.7 Å². The molecular formula is C17H18BrFN2S. The SMILES string of the molecule is Cc1ccc(CCCNC(=S)Nc2ccc(Br)cc2F)cc1. The summed E-state index contributed by atoms with van der Waals surface area (Å²) in [6.45, 7) is 2.83. The standard InChI is InChI=1S/C17H18BrFN2S/c1-12-4-6-13(7-5-12)3-2-10-20-17(22)21-16-9-8-14(18)11-15(16)19/h4-9,11H,2-3,10H2,1H3,(H2,20,21,22). The van der Waals surface area contributed by atoms with Gasteiger partial charge < -0.3 is 10.6 Å². The van der Waals surface area contributed by atoms with E-state index in [2.05, 4.69) is 57.8 Å². The first-order valence-corrected chi connectivity index (χ1v) is 8.30. The number of benzene rings is 2. The predicted octanol–water partition coefficient (Wildman–Crippen LogP) is 4.82. The average molecular weight is 381 g/mol. The van der Waals surface area contributed by atoms with Gasteiger partial charge in [-0.15, -0.1) is 0 Å². The summed E-state index contributed by atoms with van der Waals surface area (Å²) in [7, 11) is 0. The number of anilines is 1. The van der Waals surface area contributed by atoms with Crippen LogP contribution >= 0.6 is 28.1 Å². The van der Waals surface area contributed by atoms with Gasteiger partial charge in [0.2, 0.25) is 0 Å². The van der Waals surface area contributed by atoms with E-state index in [1.165, 1.54) is 17.2 Å². The molecule has 0 heterocycles. The molecule has 0 aliphatic rings. The number of aryl methyl sites for hydroxylation is 2. The Morgan fingerprint density at radius 3 is 2.59 bits per heavy atom. The van der Waals surface area contributed by atoms with E-state index in [9.17, 15) is 4.39 Å². The van der Waals surface area contributed by atoms with Gasteiger partial charge in [-0.2, -0.15) is 0 Å². The van der Waals surface area contributed by atoms with E-state index in [0.29, 0.717) is 15.3 Å². The van der Waals surface area contributed by atoms with Crippen LogP contribution in [0.3, 0.4) is 0 Å². The average Bonchev–Trinajstić information content (AvgIpc) is 2.48. The van der Waals surface area contributed by atoms with Gasteiger partial charge >= 0.3 is 0 Å². The number of rotatable bonds is 5. The fourth-order valence-electron chi connectivity index (χ4n) is 2.01. The van der Waals surface area contributed by atoms with Gasteiger partial charge in [0.1, 0.15) is 5.82 Å². The first-order chi connectivity index (χ1) is 10.5. The highest BCUT2D eigenvalue weighted by molar-refractivity contribution is 9.10. The molecule has 0 aromatic heterocycles. The van der Waals surface area contributed by atoms with E-state index in [1.54, 1.807) is 12.1 Å². The molecule has 0 aliphatic heterocycles. The predicted molar refractivity (Wildman–Crippen MR) is 97.8 cm³/mol. The highest BCUT2D eigenvalue weighted by Crippen LogP contribution is 2.19. The third-order valence-electron chi connectivity index (χ3n) is 3.23. The van der Waals surface area contributed by atoms with E-state index in [-0.39, 0.29) is 5.82 Å². The number of hydrogen-bond donors (Lipinski definition) is 2. The molecular weight excluding hydrogens is 363 g/mol. The number of nitrogens with one attached hydrogen (secondary N) is 2. The van der Waals surface area contributed by atoms with Crippen molar-refractivity contribution in [1.29, 1.82) is 0 Å². The summed E-state index contributed by atoms with van der Waals surface area (Å²) in [6, 6.07) is 13.3. The normalized spacial score (nSPS) is 10.3. The maximum absolute atomic E-state index is 13.7. The maximum Gasteiger partial charge on any atom is 0.170 e. The maximum atomic E-state index is 13.7. The van der Waals surface area contributed by atoms with Crippen LogP contribution in [0.2, 0.25) is 0 Å². The van der Waals surface area contributed by atoms with Crippen molar-refractivity contribution in [2.24, 2.45) is 0 Å². The molecule has 0 saturated carbocycles. The van der Waals surface area contributed by atoms with E-state index in [0.717, 1.165) is 19.4 Å². The van der Waals surface area contributed by atoms with Gasteiger partial charge in [-0.25, -0.2) is 4.39 Å². The fourth-order valence-corrected chi connectivity index (χ4v) is 2.55. The number of thiocarbonyl (C=S) groups is 1. The Kier molecular flexibility index (Phi) is 6.34. The quantitative estimate of drug-likeness (QED) is 0.574. The van der Waals surface area contributed by atoms with Crippen LogP contribution in [0, 0.1) is 12.7 Å². The minimum absolute atomic E-state index is 0.335. The van der Waals surface area contributed by atoms with Gasteiger partial charge in [0.25, 0.3) is 0 Å². The molecule has 0 fully saturated rings. The minimum Gasteiger partial charge on any atom is -0.362 e. The molecule has 2 rings (SSSR count). The van der Waals surface area contributed by atoms with Crippen molar-refractivity contribution in [3.8, 4) is 0 Å². The molecule has 116 valence electrons. The molecule has 0 bridgehead atoms. The highest BCUT2D eigenvalue weighted by atomic mass is 79.9. The fraction of sp³-hybridized carbons (Fsp3) is 0.235. The molecule has 2 aromatic carbocycles. The molecule has 2 nitrogen and oxygen atoms in total. The number of hydrogen-bond acceptors (Lipinski definition) is 1. The monoisotopic (exact) mass is 380 g/mol.